The molecule has 0 bridgehead atoms. The standard InChI is InChI=1S/C22H27ClFN3O4S/c1-31-18-4-2-17(3-5-18)14-20(22(28)27-12-8-16(6-10-24)9-13-27)26-32(29,30)21-15-25-11-7-19(21)23/h2-5,7,11,15-16,20,26H,6,8-10,12-14H2,1H3/t20-/m0/s1. The van der Waals surface area contributed by atoms with Gasteiger partial charge in [-0.25, -0.2) is 8.42 Å². The van der Waals surface area contributed by atoms with Gasteiger partial charge in [0.1, 0.15) is 16.7 Å². The third kappa shape index (κ3) is 6.17. The van der Waals surface area contributed by atoms with Crippen molar-refractivity contribution in [3.05, 3.63) is 53.3 Å². The monoisotopic (exact) mass is 483 g/mol. The van der Waals surface area contributed by atoms with Crippen molar-refractivity contribution in [2.75, 3.05) is 26.9 Å². The Morgan fingerprint density at radius 3 is 2.56 bits per heavy atom. The van der Waals surface area contributed by atoms with Crippen LogP contribution in [-0.4, -0.2) is 57.1 Å². The molecule has 0 unspecified atom stereocenters. The van der Waals surface area contributed by atoms with E-state index >= 15 is 0 Å². The number of amides is 1. The summed E-state index contributed by atoms with van der Waals surface area (Å²) in [5, 5.41) is 0.0233. The summed E-state index contributed by atoms with van der Waals surface area (Å²) < 4.78 is 46.4. The zero-order chi connectivity index (χ0) is 23.1. The maximum Gasteiger partial charge on any atom is 0.244 e. The van der Waals surface area contributed by atoms with Crippen LogP contribution < -0.4 is 9.46 Å². The maximum atomic E-state index is 13.3. The lowest BCUT2D eigenvalue weighted by atomic mass is 9.93. The van der Waals surface area contributed by atoms with E-state index in [0.717, 1.165) is 11.8 Å². The first-order valence-electron chi connectivity index (χ1n) is 10.4. The molecule has 0 aliphatic carbocycles. The van der Waals surface area contributed by atoms with Crippen molar-refractivity contribution in [1.82, 2.24) is 14.6 Å². The summed E-state index contributed by atoms with van der Waals surface area (Å²) in [5.74, 6) is 0.590. The van der Waals surface area contributed by atoms with E-state index in [4.69, 9.17) is 16.3 Å². The minimum absolute atomic E-state index is 0.0233. The Labute approximate surface area is 193 Å². The number of ether oxygens (including phenoxy) is 1. The zero-order valence-electron chi connectivity index (χ0n) is 17.8. The van der Waals surface area contributed by atoms with Crippen LogP contribution in [0.15, 0.2) is 47.6 Å². The van der Waals surface area contributed by atoms with E-state index in [1.54, 1.807) is 36.3 Å². The van der Waals surface area contributed by atoms with Gasteiger partial charge in [0.15, 0.2) is 0 Å². The van der Waals surface area contributed by atoms with Gasteiger partial charge >= 0.3 is 0 Å². The predicted octanol–water partition coefficient (Wildman–Crippen LogP) is 3.23. The van der Waals surface area contributed by atoms with Crippen LogP contribution in [0.2, 0.25) is 5.02 Å². The number of carbonyl (C=O) groups is 1. The zero-order valence-corrected chi connectivity index (χ0v) is 19.4. The van der Waals surface area contributed by atoms with Gasteiger partial charge in [-0.1, -0.05) is 23.7 Å². The van der Waals surface area contributed by atoms with Crippen molar-refractivity contribution in [1.29, 1.82) is 0 Å². The maximum absolute atomic E-state index is 13.3. The molecular formula is C22H27ClFN3O4S. The van der Waals surface area contributed by atoms with Gasteiger partial charge in [0.05, 0.1) is 18.8 Å². The van der Waals surface area contributed by atoms with Crippen LogP contribution in [0, 0.1) is 5.92 Å². The number of methoxy groups -OCH3 is 1. The van der Waals surface area contributed by atoms with Crippen molar-refractivity contribution in [2.45, 2.75) is 36.6 Å². The van der Waals surface area contributed by atoms with Gasteiger partial charge in [0, 0.05) is 25.5 Å². The summed E-state index contributed by atoms with van der Waals surface area (Å²) >= 11 is 6.06. The highest BCUT2D eigenvalue weighted by molar-refractivity contribution is 7.89. The SMILES string of the molecule is COc1ccc(C[C@H](NS(=O)(=O)c2cnccc2Cl)C(=O)N2CCC(CCF)CC2)cc1. The van der Waals surface area contributed by atoms with Crippen LogP contribution in [0.3, 0.4) is 0 Å². The number of piperidine rings is 1. The second kappa shape index (κ2) is 11.1. The smallest absolute Gasteiger partial charge is 0.244 e. The lowest BCUT2D eigenvalue weighted by Crippen LogP contribution is -2.51. The first-order valence-corrected chi connectivity index (χ1v) is 12.3. The predicted molar refractivity (Wildman–Crippen MR) is 120 cm³/mol. The van der Waals surface area contributed by atoms with Gasteiger partial charge < -0.3 is 9.64 Å². The third-order valence-corrected chi connectivity index (χ3v) is 7.60. The fraction of sp³-hybridized carbons (Fsp3) is 0.455. The number of nitrogens with zero attached hydrogens (tertiary/aromatic N) is 2. The molecule has 0 saturated carbocycles. The summed E-state index contributed by atoms with van der Waals surface area (Å²) in [6.07, 6.45) is 4.59. The van der Waals surface area contributed by atoms with Gasteiger partial charge in [-0.15, -0.1) is 0 Å². The number of sulfonamides is 1. The second-order valence-electron chi connectivity index (χ2n) is 7.78. The molecule has 2 heterocycles. The molecule has 32 heavy (non-hydrogen) atoms. The number of hydrogen-bond acceptors (Lipinski definition) is 5. The number of nitrogens with one attached hydrogen (secondary N) is 1. The fourth-order valence-corrected chi connectivity index (χ4v) is 5.42. The molecule has 1 N–H and O–H groups in total. The Kier molecular flexibility index (Phi) is 8.44. The molecule has 1 aromatic carbocycles. The lowest BCUT2D eigenvalue weighted by Gasteiger charge is -2.34. The number of alkyl halides is 1. The van der Waals surface area contributed by atoms with E-state index in [-0.39, 0.29) is 34.8 Å². The highest BCUT2D eigenvalue weighted by atomic mass is 35.5. The summed E-state index contributed by atoms with van der Waals surface area (Å²) in [6, 6.07) is 7.45. The topological polar surface area (TPSA) is 88.6 Å². The first-order chi connectivity index (χ1) is 15.3. The summed E-state index contributed by atoms with van der Waals surface area (Å²) in [5.41, 5.74) is 0.774. The summed E-state index contributed by atoms with van der Waals surface area (Å²) in [4.78, 5) is 18.6. The van der Waals surface area contributed by atoms with Crippen LogP contribution in [0.1, 0.15) is 24.8 Å². The average Bonchev–Trinajstić information content (AvgIpc) is 2.79. The molecule has 10 heteroatoms. The van der Waals surface area contributed by atoms with Gasteiger partial charge in [-0.3, -0.25) is 14.2 Å². The Balaban J connectivity index is 1.82. The minimum Gasteiger partial charge on any atom is -0.497 e. The number of rotatable bonds is 9. The van der Waals surface area contributed by atoms with Crippen LogP contribution in [0.25, 0.3) is 0 Å². The van der Waals surface area contributed by atoms with Gasteiger partial charge in [-0.05, 0) is 55.4 Å². The average molecular weight is 484 g/mol. The molecule has 0 spiro atoms. The molecule has 1 fully saturated rings. The van der Waals surface area contributed by atoms with Crippen molar-refractivity contribution < 1.29 is 22.3 Å². The quantitative estimate of drug-likeness (QED) is 0.591. The molecule has 1 aliphatic heterocycles. The molecule has 1 saturated heterocycles. The molecular weight excluding hydrogens is 457 g/mol. The normalized spacial score (nSPS) is 16.0. The molecule has 1 aromatic heterocycles. The highest BCUT2D eigenvalue weighted by Crippen LogP contribution is 2.24. The number of pyridine rings is 1. The molecule has 3 rings (SSSR count). The Bertz CT molecular complexity index is 1010. The first kappa shape index (κ1) is 24.4. The van der Waals surface area contributed by atoms with E-state index in [1.165, 1.54) is 12.3 Å². The van der Waals surface area contributed by atoms with Crippen LogP contribution in [0.4, 0.5) is 4.39 Å². The minimum atomic E-state index is -4.09. The molecule has 0 radical (unpaired) electrons. The second-order valence-corrected chi connectivity index (χ2v) is 9.87. The van der Waals surface area contributed by atoms with Crippen molar-refractivity contribution in [2.24, 2.45) is 5.92 Å². The number of halogens is 2. The van der Waals surface area contributed by atoms with Crippen LogP contribution in [-0.2, 0) is 21.2 Å². The highest BCUT2D eigenvalue weighted by Gasteiger charge is 2.32. The number of likely N-dealkylation sites (tertiary alicyclic amines) is 1. The molecule has 7 nitrogen and oxygen atoms in total. The number of aromatic nitrogens is 1. The number of carbonyl (C=O) groups excluding carboxylic acids is 1. The summed E-state index contributed by atoms with van der Waals surface area (Å²) in [7, 11) is -2.54. The Morgan fingerprint density at radius 1 is 1.28 bits per heavy atom. The van der Waals surface area contributed by atoms with Gasteiger partial charge in [0.2, 0.25) is 15.9 Å². The van der Waals surface area contributed by atoms with E-state index in [2.05, 4.69) is 9.71 Å². The molecule has 1 amide bonds. The van der Waals surface area contributed by atoms with E-state index in [0.29, 0.717) is 38.1 Å². The fourth-order valence-electron chi connectivity index (χ4n) is 3.80. The molecule has 2 aromatic rings. The van der Waals surface area contributed by atoms with E-state index in [9.17, 15) is 17.6 Å². The van der Waals surface area contributed by atoms with Crippen LogP contribution >= 0.6 is 11.6 Å². The number of hydrogen-bond donors (Lipinski definition) is 1. The lowest BCUT2D eigenvalue weighted by molar-refractivity contribution is -0.134. The largest absolute Gasteiger partial charge is 0.497 e. The summed E-state index contributed by atoms with van der Waals surface area (Å²) in [6.45, 7) is 0.570. The van der Waals surface area contributed by atoms with Gasteiger partial charge in [0.25, 0.3) is 0 Å². The Hall–Kier alpha value is -2.23. The van der Waals surface area contributed by atoms with Crippen molar-refractivity contribution in [3.63, 3.8) is 0 Å². The number of benzene rings is 1. The van der Waals surface area contributed by atoms with Gasteiger partial charge in [-0.2, -0.15) is 4.72 Å². The molecule has 1 atom stereocenters. The van der Waals surface area contributed by atoms with Crippen LogP contribution in [0.5, 0.6) is 5.75 Å². The van der Waals surface area contributed by atoms with E-state index < -0.39 is 16.1 Å². The van der Waals surface area contributed by atoms with Crippen molar-refractivity contribution in [3.8, 4) is 5.75 Å². The molecule has 174 valence electrons. The molecule has 1 aliphatic rings. The third-order valence-electron chi connectivity index (χ3n) is 5.66. The Morgan fingerprint density at radius 2 is 1.97 bits per heavy atom. The van der Waals surface area contributed by atoms with Crippen molar-refractivity contribution >= 4 is 27.5 Å². The van der Waals surface area contributed by atoms with E-state index in [1.807, 2.05) is 0 Å².